The third-order valence-corrected chi connectivity index (χ3v) is 6.14. The second kappa shape index (κ2) is 4.51. The van der Waals surface area contributed by atoms with Crippen LogP contribution < -0.4 is 4.90 Å². The number of anilines is 1. The fraction of sp³-hybridized carbons (Fsp3) is 0.278. The van der Waals surface area contributed by atoms with Crippen LogP contribution in [0, 0.1) is 23.7 Å². The van der Waals surface area contributed by atoms with Crippen LogP contribution in [0.1, 0.15) is 6.42 Å². The SMILES string of the molecule is O=C1C2C3C=CC(C3)C2C(=O)N1c1ccc(Br)c2ccncc12. The number of hydrogen-bond acceptors (Lipinski definition) is 3. The number of pyridine rings is 1. The van der Waals surface area contributed by atoms with Crippen LogP contribution in [0.5, 0.6) is 0 Å². The van der Waals surface area contributed by atoms with E-state index in [0.29, 0.717) is 5.69 Å². The quantitative estimate of drug-likeness (QED) is 0.573. The Morgan fingerprint density at radius 2 is 1.70 bits per heavy atom. The van der Waals surface area contributed by atoms with Crippen molar-refractivity contribution >= 4 is 44.2 Å². The van der Waals surface area contributed by atoms with Crippen molar-refractivity contribution in [3.63, 3.8) is 0 Å². The lowest BCUT2D eigenvalue weighted by molar-refractivity contribution is -0.123. The minimum Gasteiger partial charge on any atom is -0.274 e. The molecule has 4 nitrogen and oxygen atoms in total. The predicted molar refractivity (Wildman–Crippen MR) is 89.7 cm³/mol. The van der Waals surface area contributed by atoms with E-state index in [2.05, 4.69) is 33.1 Å². The minimum atomic E-state index is -0.173. The van der Waals surface area contributed by atoms with E-state index in [0.717, 1.165) is 21.7 Å². The molecule has 2 bridgehead atoms. The molecule has 2 amide bonds. The molecule has 2 heterocycles. The molecule has 0 N–H and O–H groups in total. The predicted octanol–water partition coefficient (Wildman–Crippen LogP) is 3.31. The number of aromatic nitrogens is 1. The molecule has 1 aromatic carbocycles. The first-order chi connectivity index (χ1) is 11.2. The maximum absolute atomic E-state index is 13.0. The summed E-state index contributed by atoms with van der Waals surface area (Å²) < 4.78 is 0.930. The van der Waals surface area contributed by atoms with Crippen LogP contribution in [0.2, 0.25) is 0 Å². The van der Waals surface area contributed by atoms with Gasteiger partial charge in [0, 0.05) is 27.6 Å². The lowest BCUT2D eigenvalue weighted by atomic mass is 9.85. The van der Waals surface area contributed by atoms with Gasteiger partial charge in [0.2, 0.25) is 11.8 Å². The zero-order valence-electron chi connectivity index (χ0n) is 12.1. The lowest BCUT2D eigenvalue weighted by Crippen LogP contribution is -2.33. The Bertz CT molecular complexity index is 877. The molecule has 2 aromatic rings. The number of fused-ring (bicyclic) bond motifs is 6. The van der Waals surface area contributed by atoms with Crippen LogP contribution in [0.3, 0.4) is 0 Å². The van der Waals surface area contributed by atoms with Gasteiger partial charge in [0.15, 0.2) is 0 Å². The van der Waals surface area contributed by atoms with Crippen LogP contribution in [0.25, 0.3) is 10.8 Å². The highest BCUT2D eigenvalue weighted by atomic mass is 79.9. The number of benzene rings is 1. The summed E-state index contributed by atoms with van der Waals surface area (Å²) in [5, 5.41) is 1.78. The molecule has 0 radical (unpaired) electrons. The molecule has 4 atom stereocenters. The topological polar surface area (TPSA) is 50.3 Å². The number of nitrogens with zero attached hydrogens (tertiary/aromatic N) is 2. The van der Waals surface area contributed by atoms with Gasteiger partial charge in [-0.1, -0.05) is 28.1 Å². The van der Waals surface area contributed by atoms with Gasteiger partial charge in [-0.3, -0.25) is 14.6 Å². The highest BCUT2D eigenvalue weighted by Crippen LogP contribution is 2.53. The van der Waals surface area contributed by atoms with E-state index in [9.17, 15) is 9.59 Å². The van der Waals surface area contributed by atoms with E-state index in [-0.39, 0.29) is 35.5 Å². The van der Waals surface area contributed by atoms with Gasteiger partial charge in [-0.05, 0) is 36.5 Å². The first-order valence-corrected chi connectivity index (χ1v) is 8.54. The summed E-state index contributed by atoms with van der Waals surface area (Å²) in [7, 11) is 0. The smallest absolute Gasteiger partial charge is 0.238 e. The fourth-order valence-electron chi connectivity index (χ4n) is 4.47. The maximum atomic E-state index is 13.0. The molecule has 5 heteroatoms. The van der Waals surface area contributed by atoms with Crippen LogP contribution in [0.15, 0.2) is 47.2 Å². The number of allylic oxidation sites excluding steroid dienone is 2. The molecule has 1 saturated heterocycles. The summed E-state index contributed by atoms with van der Waals surface area (Å²) in [6.45, 7) is 0. The first-order valence-electron chi connectivity index (χ1n) is 7.75. The molecule has 1 saturated carbocycles. The van der Waals surface area contributed by atoms with Crippen molar-refractivity contribution in [1.29, 1.82) is 0 Å². The molecule has 3 aliphatic rings. The van der Waals surface area contributed by atoms with Crippen molar-refractivity contribution in [1.82, 2.24) is 4.98 Å². The van der Waals surface area contributed by atoms with Gasteiger partial charge in [0.05, 0.1) is 17.5 Å². The highest BCUT2D eigenvalue weighted by Gasteiger charge is 2.59. The van der Waals surface area contributed by atoms with E-state index in [1.54, 1.807) is 12.4 Å². The number of halogens is 1. The number of imide groups is 1. The molecule has 2 fully saturated rings. The van der Waals surface area contributed by atoms with Crippen molar-refractivity contribution in [3.8, 4) is 0 Å². The minimum absolute atomic E-state index is 0.0516. The molecular formula is C18H13BrN2O2. The Morgan fingerprint density at radius 3 is 2.39 bits per heavy atom. The van der Waals surface area contributed by atoms with Gasteiger partial charge in [-0.15, -0.1) is 0 Å². The summed E-state index contributed by atoms with van der Waals surface area (Å²) in [5.41, 5.74) is 0.653. The van der Waals surface area contributed by atoms with E-state index < -0.39 is 0 Å². The number of hydrogen-bond donors (Lipinski definition) is 0. The van der Waals surface area contributed by atoms with E-state index in [1.807, 2.05) is 18.2 Å². The molecule has 1 aliphatic heterocycles. The van der Waals surface area contributed by atoms with Gasteiger partial charge < -0.3 is 0 Å². The van der Waals surface area contributed by atoms with Crippen molar-refractivity contribution in [2.45, 2.75) is 6.42 Å². The van der Waals surface area contributed by atoms with Crippen molar-refractivity contribution in [3.05, 3.63) is 47.2 Å². The second-order valence-corrected chi connectivity index (χ2v) is 7.35. The normalized spacial score (nSPS) is 31.4. The van der Waals surface area contributed by atoms with E-state index in [1.165, 1.54) is 4.90 Å². The molecule has 1 aromatic heterocycles. The van der Waals surface area contributed by atoms with Crippen molar-refractivity contribution in [2.24, 2.45) is 23.7 Å². The van der Waals surface area contributed by atoms with Crippen molar-refractivity contribution < 1.29 is 9.59 Å². The molecule has 2 aliphatic carbocycles. The average molecular weight is 369 g/mol. The Hall–Kier alpha value is -2.01. The second-order valence-electron chi connectivity index (χ2n) is 6.50. The monoisotopic (exact) mass is 368 g/mol. The molecular weight excluding hydrogens is 356 g/mol. The van der Waals surface area contributed by atoms with Gasteiger partial charge in [0.25, 0.3) is 0 Å². The summed E-state index contributed by atoms with van der Waals surface area (Å²) in [5.74, 6) is 0.00645. The van der Waals surface area contributed by atoms with E-state index in [4.69, 9.17) is 0 Å². The highest BCUT2D eigenvalue weighted by molar-refractivity contribution is 9.10. The Kier molecular flexibility index (Phi) is 2.63. The Balaban J connectivity index is 1.68. The zero-order valence-corrected chi connectivity index (χ0v) is 13.7. The van der Waals surface area contributed by atoms with Gasteiger partial charge in [0.1, 0.15) is 0 Å². The molecule has 23 heavy (non-hydrogen) atoms. The molecule has 5 rings (SSSR count). The zero-order chi connectivity index (χ0) is 15.7. The average Bonchev–Trinajstić information content (AvgIpc) is 3.24. The molecule has 4 unspecified atom stereocenters. The van der Waals surface area contributed by atoms with Crippen molar-refractivity contribution in [2.75, 3.05) is 4.90 Å². The van der Waals surface area contributed by atoms with Crippen LogP contribution >= 0.6 is 15.9 Å². The fourth-order valence-corrected chi connectivity index (χ4v) is 4.95. The summed E-state index contributed by atoms with van der Waals surface area (Å²) in [6.07, 6.45) is 8.60. The molecule has 114 valence electrons. The van der Waals surface area contributed by atoms with Crippen LogP contribution in [-0.2, 0) is 9.59 Å². The third-order valence-electron chi connectivity index (χ3n) is 5.45. The summed E-state index contributed by atoms with van der Waals surface area (Å²) >= 11 is 3.52. The van der Waals surface area contributed by atoms with Gasteiger partial charge in [-0.2, -0.15) is 0 Å². The lowest BCUT2D eigenvalue weighted by Gasteiger charge is -2.19. The number of amides is 2. The summed E-state index contributed by atoms with van der Waals surface area (Å²) in [4.78, 5) is 31.5. The number of rotatable bonds is 1. The number of carbonyl (C=O) groups is 2. The Labute approximate surface area is 141 Å². The largest absolute Gasteiger partial charge is 0.274 e. The number of carbonyl (C=O) groups excluding carboxylic acids is 2. The maximum Gasteiger partial charge on any atom is 0.238 e. The first kappa shape index (κ1) is 13.4. The summed E-state index contributed by atoms with van der Waals surface area (Å²) in [6, 6.07) is 5.61. The van der Waals surface area contributed by atoms with Gasteiger partial charge >= 0.3 is 0 Å². The van der Waals surface area contributed by atoms with E-state index >= 15 is 0 Å². The van der Waals surface area contributed by atoms with Crippen LogP contribution in [-0.4, -0.2) is 16.8 Å². The third kappa shape index (κ3) is 1.63. The van der Waals surface area contributed by atoms with Crippen LogP contribution in [0.4, 0.5) is 5.69 Å². The standard InChI is InChI=1S/C18H13BrN2O2/c19-13-3-4-14(12-8-20-6-5-11(12)13)21-17(22)15-9-1-2-10(7-9)16(15)18(21)23/h1-6,8-10,15-16H,7H2. The Morgan fingerprint density at radius 1 is 1.00 bits per heavy atom. The molecule has 0 spiro atoms. The van der Waals surface area contributed by atoms with Gasteiger partial charge in [-0.25, -0.2) is 4.90 Å².